The van der Waals surface area contributed by atoms with Crippen molar-refractivity contribution in [2.45, 2.75) is 50.0 Å². The van der Waals surface area contributed by atoms with Gasteiger partial charge in [0.05, 0.1) is 16.1 Å². The van der Waals surface area contributed by atoms with Crippen LogP contribution in [-0.4, -0.2) is 63.3 Å². The van der Waals surface area contributed by atoms with Crippen molar-refractivity contribution in [2.24, 2.45) is 0 Å². The van der Waals surface area contributed by atoms with Gasteiger partial charge in [-0.3, -0.25) is 13.9 Å². The minimum atomic E-state index is -3.77. The maximum absolute atomic E-state index is 13.6. The van der Waals surface area contributed by atoms with Crippen molar-refractivity contribution in [3.63, 3.8) is 0 Å². The van der Waals surface area contributed by atoms with Gasteiger partial charge >= 0.3 is 0 Å². The third kappa shape index (κ3) is 5.04. The van der Waals surface area contributed by atoms with Crippen molar-refractivity contribution in [2.75, 3.05) is 42.8 Å². The van der Waals surface area contributed by atoms with Crippen LogP contribution >= 0.6 is 11.3 Å². The van der Waals surface area contributed by atoms with E-state index in [9.17, 15) is 18.0 Å². The van der Waals surface area contributed by atoms with Crippen LogP contribution in [-0.2, 0) is 29.4 Å². The molecule has 210 valence electrons. The second kappa shape index (κ2) is 11.0. The number of thiophene rings is 1. The van der Waals surface area contributed by atoms with Gasteiger partial charge in [-0.15, -0.1) is 11.3 Å². The first-order chi connectivity index (χ1) is 19.3. The molecule has 0 radical (unpaired) electrons. The van der Waals surface area contributed by atoms with E-state index < -0.39 is 10.0 Å². The van der Waals surface area contributed by atoms with Crippen molar-refractivity contribution in [1.29, 1.82) is 0 Å². The molecule has 2 aromatic carbocycles. The highest BCUT2D eigenvalue weighted by Gasteiger charge is 2.32. The predicted molar refractivity (Wildman–Crippen MR) is 158 cm³/mol. The van der Waals surface area contributed by atoms with Crippen molar-refractivity contribution in [3.8, 4) is 0 Å². The van der Waals surface area contributed by atoms with Crippen LogP contribution in [0.4, 0.5) is 10.7 Å². The van der Waals surface area contributed by atoms with Gasteiger partial charge in [0.1, 0.15) is 5.00 Å². The van der Waals surface area contributed by atoms with Crippen LogP contribution < -0.4 is 9.62 Å². The summed E-state index contributed by atoms with van der Waals surface area (Å²) in [5, 5.41) is 3.59. The van der Waals surface area contributed by atoms with Gasteiger partial charge in [0.2, 0.25) is 0 Å². The van der Waals surface area contributed by atoms with Gasteiger partial charge in [-0.25, -0.2) is 8.42 Å². The molecule has 0 bridgehead atoms. The van der Waals surface area contributed by atoms with Gasteiger partial charge in [-0.1, -0.05) is 18.2 Å². The Morgan fingerprint density at radius 1 is 0.875 bits per heavy atom. The van der Waals surface area contributed by atoms with E-state index in [4.69, 9.17) is 0 Å². The Morgan fingerprint density at radius 3 is 2.40 bits per heavy atom. The summed E-state index contributed by atoms with van der Waals surface area (Å²) in [4.78, 5) is 32.4. The molecule has 3 aliphatic rings. The SMILES string of the molecule is CN1CCc2c(sc(NC(=O)c3ccc(S(=O)(=O)N4CCCc5ccccc54)cc3)c2C(=O)N2CCCCC2)C1. The lowest BCUT2D eigenvalue weighted by Crippen LogP contribution is -2.37. The molecule has 0 unspecified atom stereocenters. The van der Waals surface area contributed by atoms with Crippen molar-refractivity contribution in [1.82, 2.24) is 9.80 Å². The molecule has 10 heteroatoms. The summed E-state index contributed by atoms with van der Waals surface area (Å²) in [6.07, 6.45) is 5.53. The summed E-state index contributed by atoms with van der Waals surface area (Å²) in [6, 6.07) is 13.7. The van der Waals surface area contributed by atoms with Crippen LogP contribution in [0.5, 0.6) is 0 Å². The number of fused-ring (bicyclic) bond motifs is 2. The zero-order chi connectivity index (χ0) is 27.9. The standard InChI is InChI=1S/C30H34N4O4S2/c1-32-19-15-24-26(20-32)39-29(27(24)30(36)33-16-5-2-6-17-33)31-28(35)22-11-13-23(14-12-22)40(37,38)34-18-7-9-21-8-3-4-10-25(21)34/h3-4,8,10-14H,2,5-7,9,15-20H2,1H3,(H,31,35). The Labute approximate surface area is 239 Å². The summed E-state index contributed by atoms with van der Waals surface area (Å²) < 4.78 is 28.5. The van der Waals surface area contributed by atoms with E-state index in [-0.39, 0.29) is 16.7 Å². The topological polar surface area (TPSA) is 90.0 Å². The number of likely N-dealkylation sites (N-methyl/N-ethyl adjacent to an activating group) is 1. The number of rotatable bonds is 5. The first kappa shape index (κ1) is 27.0. The molecule has 0 aliphatic carbocycles. The molecular weight excluding hydrogens is 544 g/mol. The number of aryl methyl sites for hydroxylation is 1. The van der Waals surface area contributed by atoms with Crippen LogP contribution in [0.25, 0.3) is 0 Å². The van der Waals surface area contributed by atoms with E-state index in [1.165, 1.54) is 27.8 Å². The fraction of sp³-hybridized carbons (Fsp3) is 0.400. The molecule has 1 saturated heterocycles. The Balaban J connectivity index is 1.25. The second-order valence-electron chi connectivity index (χ2n) is 10.8. The van der Waals surface area contributed by atoms with Crippen LogP contribution in [0, 0.1) is 0 Å². The normalized spacial score (nSPS) is 17.7. The molecule has 1 N–H and O–H groups in total. The van der Waals surface area contributed by atoms with Crippen LogP contribution in [0.1, 0.15) is 62.4 Å². The number of hydrogen-bond acceptors (Lipinski definition) is 6. The monoisotopic (exact) mass is 578 g/mol. The number of carbonyl (C=O) groups excluding carboxylic acids is 2. The van der Waals surface area contributed by atoms with Gasteiger partial charge in [-0.2, -0.15) is 0 Å². The number of amides is 2. The molecule has 40 heavy (non-hydrogen) atoms. The van der Waals surface area contributed by atoms with E-state index in [1.807, 2.05) is 29.2 Å². The Morgan fingerprint density at radius 2 is 1.62 bits per heavy atom. The Kier molecular flexibility index (Phi) is 7.41. The molecule has 4 heterocycles. The molecule has 3 aliphatic heterocycles. The summed E-state index contributed by atoms with van der Waals surface area (Å²) in [7, 11) is -1.71. The van der Waals surface area contributed by atoms with E-state index in [2.05, 4.69) is 17.3 Å². The molecule has 0 spiro atoms. The zero-order valence-electron chi connectivity index (χ0n) is 22.7. The molecule has 3 aromatic rings. The second-order valence-corrected chi connectivity index (χ2v) is 13.8. The lowest BCUT2D eigenvalue weighted by Gasteiger charge is -2.30. The van der Waals surface area contributed by atoms with Crippen LogP contribution in [0.3, 0.4) is 0 Å². The number of likely N-dealkylation sites (tertiary alicyclic amines) is 1. The number of sulfonamides is 1. The maximum atomic E-state index is 13.6. The lowest BCUT2D eigenvalue weighted by atomic mass is 10.0. The fourth-order valence-corrected chi connectivity index (χ4v) is 8.79. The minimum absolute atomic E-state index is 0.000284. The van der Waals surface area contributed by atoms with Gasteiger partial charge in [0.25, 0.3) is 21.8 Å². The van der Waals surface area contributed by atoms with Crippen molar-refractivity contribution in [3.05, 3.63) is 75.7 Å². The van der Waals surface area contributed by atoms with Gasteiger partial charge in [-0.05, 0) is 87.0 Å². The molecule has 0 saturated carbocycles. The smallest absolute Gasteiger partial charge is 0.264 e. The molecule has 2 amide bonds. The number of nitrogens with zero attached hydrogens (tertiary/aromatic N) is 3. The number of anilines is 2. The molecule has 1 fully saturated rings. The summed E-state index contributed by atoms with van der Waals surface area (Å²) in [6.45, 7) is 3.53. The highest BCUT2D eigenvalue weighted by Crippen LogP contribution is 2.38. The van der Waals surface area contributed by atoms with E-state index in [0.29, 0.717) is 28.4 Å². The van der Waals surface area contributed by atoms with Crippen LogP contribution in [0.15, 0.2) is 53.4 Å². The zero-order valence-corrected chi connectivity index (χ0v) is 24.3. The Bertz CT molecular complexity index is 1540. The van der Waals surface area contributed by atoms with Gasteiger partial charge in [0, 0.05) is 43.2 Å². The van der Waals surface area contributed by atoms with Crippen molar-refractivity contribution < 1.29 is 18.0 Å². The van der Waals surface area contributed by atoms with E-state index in [0.717, 1.165) is 80.7 Å². The molecule has 1 aromatic heterocycles. The largest absolute Gasteiger partial charge is 0.339 e. The third-order valence-electron chi connectivity index (χ3n) is 8.10. The number of benzene rings is 2. The van der Waals surface area contributed by atoms with E-state index in [1.54, 1.807) is 12.1 Å². The summed E-state index contributed by atoms with van der Waals surface area (Å²) in [5.74, 6) is -0.354. The highest BCUT2D eigenvalue weighted by molar-refractivity contribution is 7.92. The highest BCUT2D eigenvalue weighted by atomic mass is 32.2. The molecule has 6 rings (SSSR count). The third-order valence-corrected chi connectivity index (χ3v) is 11.1. The fourth-order valence-electron chi connectivity index (χ4n) is 5.93. The minimum Gasteiger partial charge on any atom is -0.339 e. The van der Waals surface area contributed by atoms with Gasteiger partial charge in [0.15, 0.2) is 0 Å². The average Bonchev–Trinajstić information content (AvgIpc) is 3.33. The van der Waals surface area contributed by atoms with Crippen molar-refractivity contribution >= 4 is 43.9 Å². The summed E-state index contributed by atoms with van der Waals surface area (Å²) >= 11 is 1.48. The van der Waals surface area contributed by atoms with E-state index >= 15 is 0 Å². The number of para-hydroxylation sites is 1. The summed E-state index contributed by atoms with van der Waals surface area (Å²) in [5.41, 5.74) is 3.77. The molecular formula is C30H34N4O4S2. The van der Waals surface area contributed by atoms with Crippen LogP contribution in [0.2, 0.25) is 0 Å². The number of piperidine rings is 1. The molecule has 0 atom stereocenters. The number of carbonyl (C=O) groups is 2. The first-order valence-electron chi connectivity index (χ1n) is 14.0. The maximum Gasteiger partial charge on any atom is 0.264 e. The first-order valence-corrected chi connectivity index (χ1v) is 16.2. The number of nitrogens with one attached hydrogen (secondary N) is 1. The lowest BCUT2D eigenvalue weighted by molar-refractivity contribution is 0.0724. The number of hydrogen-bond donors (Lipinski definition) is 1. The molecule has 8 nitrogen and oxygen atoms in total. The quantitative estimate of drug-likeness (QED) is 0.472. The average molecular weight is 579 g/mol. The van der Waals surface area contributed by atoms with Gasteiger partial charge < -0.3 is 15.1 Å². The Hall–Kier alpha value is -3.21. The predicted octanol–water partition coefficient (Wildman–Crippen LogP) is 4.76.